The van der Waals surface area contributed by atoms with E-state index in [1.54, 1.807) is 24.3 Å². The van der Waals surface area contributed by atoms with Crippen LogP contribution in [0.2, 0.25) is 0 Å². The third-order valence-electron chi connectivity index (χ3n) is 2.05. The molecule has 2 aromatic rings. The van der Waals surface area contributed by atoms with Crippen LogP contribution in [0.25, 0.3) is 0 Å². The Labute approximate surface area is 103 Å². The van der Waals surface area contributed by atoms with Crippen molar-refractivity contribution >= 4 is 17.6 Å². The topological polar surface area (TPSA) is 37.8 Å². The molecule has 5 heteroatoms. The highest BCUT2D eigenvalue weighted by Crippen LogP contribution is 2.28. The highest BCUT2D eigenvalue weighted by atomic mass is 32.2. The van der Waals surface area contributed by atoms with Crippen LogP contribution in [0.3, 0.4) is 0 Å². The van der Waals surface area contributed by atoms with Gasteiger partial charge < -0.3 is 5.32 Å². The number of aromatic nitrogens is 2. The number of hydrogen-bond acceptors (Lipinski definition) is 4. The molecule has 88 valence electrons. The molecular weight excluding hydrogens is 237 g/mol. The van der Waals surface area contributed by atoms with Gasteiger partial charge in [0.1, 0.15) is 23.0 Å². The SMILES string of the molecule is CCNc1cc(Sc2ccccc2F)ncn1. The molecule has 0 fully saturated rings. The van der Waals surface area contributed by atoms with E-state index in [-0.39, 0.29) is 5.82 Å². The van der Waals surface area contributed by atoms with E-state index in [1.807, 2.05) is 6.92 Å². The van der Waals surface area contributed by atoms with E-state index in [2.05, 4.69) is 15.3 Å². The van der Waals surface area contributed by atoms with Gasteiger partial charge in [-0.3, -0.25) is 0 Å². The van der Waals surface area contributed by atoms with E-state index in [0.717, 1.165) is 17.4 Å². The van der Waals surface area contributed by atoms with Crippen LogP contribution in [-0.2, 0) is 0 Å². The molecule has 0 radical (unpaired) electrons. The van der Waals surface area contributed by atoms with Crippen LogP contribution in [0.5, 0.6) is 0 Å². The fraction of sp³-hybridized carbons (Fsp3) is 0.167. The first-order valence-electron chi connectivity index (χ1n) is 5.28. The maximum atomic E-state index is 13.4. The molecule has 0 aliphatic heterocycles. The Morgan fingerprint density at radius 3 is 2.88 bits per heavy atom. The first-order chi connectivity index (χ1) is 8.29. The van der Waals surface area contributed by atoms with Crippen LogP contribution in [0.4, 0.5) is 10.2 Å². The zero-order valence-corrected chi connectivity index (χ0v) is 10.2. The summed E-state index contributed by atoms with van der Waals surface area (Å²) in [5.74, 6) is 0.516. The van der Waals surface area contributed by atoms with Crippen molar-refractivity contribution in [2.45, 2.75) is 16.8 Å². The number of hydrogen-bond donors (Lipinski definition) is 1. The fourth-order valence-corrected chi connectivity index (χ4v) is 2.12. The molecule has 3 nitrogen and oxygen atoms in total. The van der Waals surface area contributed by atoms with Gasteiger partial charge in [-0.1, -0.05) is 23.9 Å². The third kappa shape index (κ3) is 3.17. The van der Waals surface area contributed by atoms with Gasteiger partial charge in [-0.15, -0.1) is 0 Å². The summed E-state index contributed by atoms with van der Waals surface area (Å²) in [6, 6.07) is 8.45. The zero-order chi connectivity index (χ0) is 12.1. The number of rotatable bonds is 4. The van der Waals surface area contributed by atoms with Gasteiger partial charge in [-0.05, 0) is 19.1 Å². The summed E-state index contributed by atoms with van der Waals surface area (Å²) < 4.78 is 13.4. The minimum absolute atomic E-state index is 0.235. The van der Waals surface area contributed by atoms with Gasteiger partial charge in [-0.25, -0.2) is 14.4 Å². The maximum Gasteiger partial charge on any atom is 0.137 e. The van der Waals surface area contributed by atoms with Crippen LogP contribution >= 0.6 is 11.8 Å². The average molecular weight is 249 g/mol. The van der Waals surface area contributed by atoms with E-state index in [1.165, 1.54) is 24.2 Å². The Morgan fingerprint density at radius 2 is 2.12 bits per heavy atom. The predicted octanol–water partition coefficient (Wildman–Crippen LogP) is 3.20. The van der Waals surface area contributed by atoms with Crippen molar-refractivity contribution in [3.8, 4) is 0 Å². The third-order valence-corrected chi connectivity index (χ3v) is 3.03. The van der Waals surface area contributed by atoms with Gasteiger partial charge in [-0.2, -0.15) is 0 Å². The quantitative estimate of drug-likeness (QED) is 0.844. The summed E-state index contributed by atoms with van der Waals surface area (Å²) in [5.41, 5.74) is 0. The van der Waals surface area contributed by atoms with Crippen molar-refractivity contribution in [1.29, 1.82) is 0 Å². The summed E-state index contributed by atoms with van der Waals surface area (Å²) in [4.78, 5) is 8.73. The number of nitrogens with zero attached hydrogens (tertiary/aromatic N) is 2. The zero-order valence-electron chi connectivity index (χ0n) is 9.35. The molecule has 0 aliphatic rings. The normalized spacial score (nSPS) is 10.2. The van der Waals surface area contributed by atoms with Crippen molar-refractivity contribution < 1.29 is 4.39 Å². The number of benzene rings is 1. The highest BCUT2D eigenvalue weighted by molar-refractivity contribution is 7.99. The molecule has 0 saturated heterocycles. The summed E-state index contributed by atoms with van der Waals surface area (Å²) in [6.07, 6.45) is 1.47. The Morgan fingerprint density at radius 1 is 1.29 bits per heavy atom. The van der Waals surface area contributed by atoms with Gasteiger partial charge >= 0.3 is 0 Å². The summed E-state index contributed by atoms with van der Waals surface area (Å²) in [6.45, 7) is 2.78. The summed E-state index contributed by atoms with van der Waals surface area (Å²) in [5, 5.41) is 3.81. The van der Waals surface area contributed by atoms with Crippen molar-refractivity contribution in [1.82, 2.24) is 9.97 Å². The number of nitrogens with one attached hydrogen (secondary N) is 1. The van der Waals surface area contributed by atoms with Crippen LogP contribution in [0.1, 0.15) is 6.92 Å². The lowest BCUT2D eigenvalue weighted by Crippen LogP contribution is -1.99. The van der Waals surface area contributed by atoms with Gasteiger partial charge in [0.15, 0.2) is 0 Å². The molecule has 0 saturated carbocycles. The standard InChI is InChI=1S/C12H12FN3S/c1-2-14-11-7-12(16-8-15-11)17-10-6-4-3-5-9(10)13/h3-8H,2H2,1H3,(H,14,15,16). The monoisotopic (exact) mass is 249 g/mol. The van der Waals surface area contributed by atoms with Gasteiger partial charge in [0, 0.05) is 17.5 Å². The molecule has 0 amide bonds. The smallest absolute Gasteiger partial charge is 0.137 e. The predicted molar refractivity (Wildman–Crippen MR) is 66.7 cm³/mol. The Balaban J connectivity index is 2.18. The van der Waals surface area contributed by atoms with Crippen molar-refractivity contribution in [3.63, 3.8) is 0 Å². The average Bonchev–Trinajstić information content (AvgIpc) is 2.33. The van der Waals surface area contributed by atoms with E-state index in [9.17, 15) is 4.39 Å². The Kier molecular flexibility index (Phi) is 3.93. The molecule has 1 aromatic heterocycles. The highest BCUT2D eigenvalue weighted by Gasteiger charge is 2.05. The molecular formula is C12H12FN3S. The van der Waals surface area contributed by atoms with E-state index < -0.39 is 0 Å². The van der Waals surface area contributed by atoms with E-state index >= 15 is 0 Å². The minimum atomic E-state index is -0.235. The summed E-state index contributed by atoms with van der Waals surface area (Å²) in [7, 11) is 0. The molecule has 0 bridgehead atoms. The second-order valence-corrected chi connectivity index (χ2v) is 4.37. The van der Waals surface area contributed by atoms with Crippen molar-refractivity contribution in [3.05, 3.63) is 42.5 Å². The Hall–Kier alpha value is -1.62. The van der Waals surface area contributed by atoms with E-state index in [0.29, 0.717) is 4.90 Å². The number of anilines is 1. The lowest BCUT2D eigenvalue weighted by atomic mass is 10.3. The van der Waals surface area contributed by atoms with Crippen LogP contribution in [0, 0.1) is 5.82 Å². The lowest BCUT2D eigenvalue weighted by molar-refractivity contribution is 0.602. The van der Waals surface area contributed by atoms with Crippen LogP contribution < -0.4 is 5.32 Å². The van der Waals surface area contributed by atoms with Crippen molar-refractivity contribution in [2.24, 2.45) is 0 Å². The second-order valence-electron chi connectivity index (χ2n) is 3.30. The molecule has 0 aliphatic carbocycles. The second kappa shape index (κ2) is 5.63. The van der Waals surface area contributed by atoms with Crippen molar-refractivity contribution in [2.75, 3.05) is 11.9 Å². The van der Waals surface area contributed by atoms with E-state index in [4.69, 9.17) is 0 Å². The van der Waals surface area contributed by atoms with Gasteiger partial charge in [0.2, 0.25) is 0 Å². The first-order valence-corrected chi connectivity index (χ1v) is 6.09. The largest absolute Gasteiger partial charge is 0.370 e. The number of halogens is 1. The molecule has 0 unspecified atom stereocenters. The molecule has 2 rings (SSSR count). The van der Waals surface area contributed by atoms with Gasteiger partial charge in [0.05, 0.1) is 0 Å². The lowest BCUT2D eigenvalue weighted by Gasteiger charge is -2.04. The molecule has 17 heavy (non-hydrogen) atoms. The Bertz CT molecular complexity index is 505. The molecule has 1 N–H and O–H groups in total. The molecule has 0 spiro atoms. The van der Waals surface area contributed by atoms with Gasteiger partial charge in [0.25, 0.3) is 0 Å². The first kappa shape index (κ1) is 11.9. The minimum Gasteiger partial charge on any atom is -0.370 e. The molecule has 1 heterocycles. The molecule has 1 aromatic carbocycles. The summed E-state index contributed by atoms with van der Waals surface area (Å²) >= 11 is 1.29. The van der Waals surface area contributed by atoms with Crippen LogP contribution in [-0.4, -0.2) is 16.5 Å². The maximum absolute atomic E-state index is 13.4. The van der Waals surface area contributed by atoms with Crippen LogP contribution in [0.15, 0.2) is 46.6 Å². The molecule has 0 atom stereocenters. The fourth-order valence-electron chi connectivity index (χ4n) is 1.31.